The topological polar surface area (TPSA) is 126 Å². The van der Waals surface area contributed by atoms with Crippen LogP contribution in [-0.2, 0) is 21.7 Å². The van der Waals surface area contributed by atoms with Crippen molar-refractivity contribution in [3.63, 3.8) is 0 Å². The van der Waals surface area contributed by atoms with Crippen LogP contribution in [0.1, 0.15) is 11.3 Å². The summed E-state index contributed by atoms with van der Waals surface area (Å²) in [5.74, 6) is -3.57. The predicted molar refractivity (Wildman–Crippen MR) is 83.8 cm³/mol. The summed E-state index contributed by atoms with van der Waals surface area (Å²) >= 11 is 0. The van der Waals surface area contributed by atoms with Crippen LogP contribution in [0, 0.1) is 0 Å². The Balaban J connectivity index is 2.31. The van der Waals surface area contributed by atoms with Crippen LogP contribution < -0.4 is 21.9 Å². The van der Waals surface area contributed by atoms with E-state index in [1.807, 2.05) is 5.32 Å². The molecule has 1 atom stereocenters. The summed E-state index contributed by atoms with van der Waals surface area (Å²) in [6.07, 6.45) is -3.60. The molecule has 12 heteroatoms. The van der Waals surface area contributed by atoms with Crippen molar-refractivity contribution in [1.82, 2.24) is 14.9 Å². The zero-order chi connectivity index (χ0) is 20.0. The van der Waals surface area contributed by atoms with Gasteiger partial charge in [-0.2, -0.15) is 13.2 Å². The lowest BCUT2D eigenvalue weighted by Crippen LogP contribution is -2.61. The number of hydrogen-bond donors (Lipinski definition) is 3. The van der Waals surface area contributed by atoms with Crippen LogP contribution in [-0.4, -0.2) is 27.5 Å². The molecule has 27 heavy (non-hydrogen) atoms. The quantitative estimate of drug-likeness (QED) is 0.649. The third kappa shape index (κ3) is 2.65. The molecule has 3 N–H and O–H groups in total. The fourth-order valence-corrected chi connectivity index (χ4v) is 2.77. The molecule has 0 unspecified atom stereocenters. The first kappa shape index (κ1) is 18.2. The van der Waals surface area contributed by atoms with E-state index in [9.17, 15) is 32.3 Å². The number of rotatable bonds is 4. The van der Waals surface area contributed by atoms with Gasteiger partial charge in [0.15, 0.2) is 0 Å². The summed E-state index contributed by atoms with van der Waals surface area (Å²) in [5, 5.41) is 3.36. The second kappa shape index (κ2) is 6.00. The smallest absolute Gasteiger partial charge is 0.425 e. The number of amides is 2. The highest BCUT2D eigenvalue weighted by atomic mass is 19.4. The van der Waals surface area contributed by atoms with E-state index in [1.54, 1.807) is 4.98 Å². The van der Waals surface area contributed by atoms with Gasteiger partial charge < -0.3 is 15.1 Å². The van der Waals surface area contributed by atoms with Gasteiger partial charge in [-0.3, -0.25) is 23.9 Å². The molecule has 0 bridgehead atoms. The molecular weight excluding hydrogens is 373 g/mol. The third-order valence-corrected chi connectivity index (χ3v) is 3.96. The Hall–Kier alpha value is -3.57. The maximum Gasteiger partial charge on any atom is 0.425 e. The molecule has 0 spiro atoms. The molecule has 0 aromatic carbocycles. The first-order valence-electron chi connectivity index (χ1n) is 7.34. The van der Waals surface area contributed by atoms with Crippen molar-refractivity contribution in [2.75, 3.05) is 5.32 Å². The molecule has 0 aliphatic carbocycles. The van der Waals surface area contributed by atoms with E-state index in [0.29, 0.717) is 10.6 Å². The number of aromatic amines is 1. The van der Waals surface area contributed by atoms with E-state index in [1.165, 1.54) is 23.7 Å². The third-order valence-electron chi connectivity index (χ3n) is 3.96. The SMILES string of the molecule is C=CC(=O)N[C@]1(C(F)(F)F)C(=O)Nc2c1c(=O)[nH]c(=O)n2Cc1ccco1. The fraction of sp³-hybridized carbons (Fsp3) is 0.200. The average Bonchev–Trinajstić information content (AvgIpc) is 3.18. The summed E-state index contributed by atoms with van der Waals surface area (Å²) in [4.78, 5) is 49.9. The minimum Gasteiger partial charge on any atom is -0.467 e. The molecule has 142 valence electrons. The minimum atomic E-state index is -5.39. The van der Waals surface area contributed by atoms with E-state index < -0.39 is 46.2 Å². The van der Waals surface area contributed by atoms with Gasteiger partial charge in [0.1, 0.15) is 17.1 Å². The molecule has 0 saturated heterocycles. The summed E-state index contributed by atoms with van der Waals surface area (Å²) in [6.45, 7) is 2.67. The molecule has 3 rings (SSSR count). The second-order valence-electron chi connectivity index (χ2n) is 5.54. The van der Waals surface area contributed by atoms with Crippen LogP contribution in [0.15, 0.2) is 45.1 Å². The van der Waals surface area contributed by atoms with Crippen LogP contribution in [0.25, 0.3) is 0 Å². The van der Waals surface area contributed by atoms with Crippen molar-refractivity contribution in [2.24, 2.45) is 0 Å². The zero-order valence-corrected chi connectivity index (χ0v) is 13.3. The van der Waals surface area contributed by atoms with Crippen LogP contribution in [0.4, 0.5) is 19.0 Å². The highest BCUT2D eigenvalue weighted by Crippen LogP contribution is 2.44. The number of carbonyl (C=O) groups is 2. The van der Waals surface area contributed by atoms with Crippen molar-refractivity contribution in [3.8, 4) is 0 Å². The summed E-state index contributed by atoms with van der Waals surface area (Å²) < 4.78 is 47.3. The van der Waals surface area contributed by atoms with Crippen LogP contribution in [0.5, 0.6) is 0 Å². The van der Waals surface area contributed by atoms with Gasteiger partial charge in [0, 0.05) is 0 Å². The van der Waals surface area contributed by atoms with Crippen LogP contribution in [0.2, 0.25) is 0 Å². The van der Waals surface area contributed by atoms with E-state index >= 15 is 0 Å². The first-order chi connectivity index (χ1) is 12.6. The van der Waals surface area contributed by atoms with Crippen LogP contribution >= 0.6 is 0 Å². The molecule has 2 amide bonds. The Morgan fingerprint density at radius 2 is 2.07 bits per heavy atom. The number of alkyl halides is 3. The van der Waals surface area contributed by atoms with E-state index in [2.05, 4.69) is 6.58 Å². The molecule has 2 aromatic rings. The maximum atomic E-state index is 13.9. The Morgan fingerprint density at radius 3 is 2.63 bits per heavy atom. The first-order valence-corrected chi connectivity index (χ1v) is 7.34. The van der Waals surface area contributed by atoms with Crippen molar-refractivity contribution in [3.05, 3.63) is 63.2 Å². The average molecular weight is 384 g/mol. The molecule has 3 heterocycles. The van der Waals surface area contributed by atoms with Gasteiger partial charge in [-0.05, 0) is 18.2 Å². The lowest BCUT2D eigenvalue weighted by molar-refractivity contribution is -0.200. The van der Waals surface area contributed by atoms with Gasteiger partial charge in [0.2, 0.25) is 5.91 Å². The zero-order valence-electron chi connectivity index (χ0n) is 13.3. The molecule has 0 saturated carbocycles. The molecule has 9 nitrogen and oxygen atoms in total. The Kier molecular flexibility index (Phi) is 4.05. The summed E-state index contributed by atoms with van der Waals surface area (Å²) in [6, 6.07) is 2.92. The number of nitrogens with one attached hydrogen (secondary N) is 3. The highest BCUT2D eigenvalue weighted by molar-refractivity contribution is 6.08. The monoisotopic (exact) mass is 384 g/mol. The van der Waals surface area contributed by atoms with Crippen LogP contribution in [0.3, 0.4) is 0 Å². The predicted octanol–water partition coefficient (Wildman–Crippen LogP) is 0.190. The number of anilines is 1. The number of hydrogen-bond acceptors (Lipinski definition) is 5. The minimum absolute atomic E-state index is 0.181. The van der Waals surface area contributed by atoms with Gasteiger partial charge in [-0.25, -0.2) is 4.79 Å². The fourth-order valence-electron chi connectivity index (χ4n) is 2.77. The van der Waals surface area contributed by atoms with Gasteiger partial charge >= 0.3 is 11.9 Å². The normalized spacial score (nSPS) is 18.7. The molecular formula is C15H11F3N4O5. The lowest BCUT2D eigenvalue weighted by atomic mass is 9.92. The Labute approximate surface area is 147 Å². The van der Waals surface area contributed by atoms with Gasteiger partial charge in [-0.15, -0.1) is 0 Å². The lowest BCUT2D eigenvalue weighted by Gasteiger charge is -2.29. The van der Waals surface area contributed by atoms with Gasteiger partial charge in [0.05, 0.1) is 12.8 Å². The molecule has 2 aromatic heterocycles. The molecule has 1 aliphatic rings. The largest absolute Gasteiger partial charge is 0.467 e. The number of nitrogens with zero attached hydrogens (tertiary/aromatic N) is 1. The van der Waals surface area contributed by atoms with Crippen molar-refractivity contribution in [2.45, 2.75) is 18.3 Å². The second-order valence-corrected chi connectivity index (χ2v) is 5.54. The number of halogens is 3. The number of H-pyrrole nitrogens is 1. The Bertz CT molecular complexity index is 1050. The number of carbonyl (C=O) groups excluding carboxylic acids is 2. The Morgan fingerprint density at radius 1 is 1.37 bits per heavy atom. The summed E-state index contributed by atoms with van der Waals surface area (Å²) in [7, 11) is 0. The number of furan rings is 1. The number of fused-ring (bicyclic) bond motifs is 1. The van der Waals surface area contributed by atoms with Crippen molar-refractivity contribution < 1.29 is 27.2 Å². The molecule has 0 fully saturated rings. The molecule has 1 aliphatic heterocycles. The van der Waals surface area contributed by atoms with E-state index in [4.69, 9.17) is 4.42 Å². The van der Waals surface area contributed by atoms with Crippen molar-refractivity contribution in [1.29, 1.82) is 0 Å². The highest BCUT2D eigenvalue weighted by Gasteiger charge is 2.68. The summed E-state index contributed by atoms with van der Waals surface area (Å²) in [5.41, 5.74) is -7.37. The standard InChI is InChI=1S/C15H11F3N4O5/c1-2-8(23)21-14(15(16,17)18)9-10(19-12(14)25)22(13(26)20-11(9)24)6-7-4-3-5-27-7/h2-5H,1,6H2,(H,19,25)(H,21,23)(H,20,24,26)/t14-/m0/s1. The number of aromatic nitrogens is 2. The van der Waals surface area contributed by atoms with Crippen molar-refractivity contribution >= 4 is 17.6 Å². The van der Waals surface area contributed by atoms with Gasteiger partial charge in [-0.1, -0.05) is 6.58 Å². The molecule has 0 radical (unpaired) electrons. The van der Waals surface area contributed by atoms with E-state index in [-0.39, 0.29) is 12.3 Å². The van der Waals surface area contributed by atoms with E-state index in [0.717, 1.165) is 0 Å². The maximum absolute atomic E-state index is 13.9. The van der Waals surface area contributed by atoms with Gasteiger partial charge in [0.25, 0.3) is 17.0 Å².